The molecule has 0 bridgehead atoms. The third-order valence-corrected chi connectivity index (χ3v) is 1.95. The molecule has 6 nitrogen and oxygen atoms in total. The standard InChI is InChI=1S/C9H17N5O/c1-14-7-8(6-13-14)2-3-11-4-5-12-9(10)15/h6-7,11H,2-5H2,1H3,(H3,10,12,15). The Morgan fingerprint density at radius 2 is 2.33 bits per heavy atom. The second kappa shape index (κ2) is 6.02. The predicted molar refractivity (Wildman–Crippen MR) is 57.4 cm³/mol. The maximum absolute atomic E-state index is 10.3. The van der Waals surface area contributed by atoms with E-state index in [1.807, 2.05) is 19.4 Å². The van der Waals surface area contributed by atoms with Crippen LogP contribution >= 0.6 is 0 Å². The quantitative estimate of drug-likeness (QED) is 0.540. The molecular formula is C9H17N5O. The maximum Gasteiger partial charge on any atom is 0.312 e. The molecule has 6 heteroatoms. The highest BCUT2D eigenvalue weighted by Gasteiger charge is 1.95. The molecule has 0 aliphatic carbocycles. The third kappa shape index (κ3) is 5.02. The van der Waals surface area contributed by atoms with Crippen LogP contribution in [0.1, 0.15) is 5.56 Å². The minimum absolute atomic E-state index is 0.482. The number of amides is 2. The van der Waals surface area contributed by atoms with Crippen molar-refractivity contribution in [3.05, 3.63) is 18.0 Å². The Balaban J connectivity index is 2.00. The molecule has 4 N–H and O–H groups in total. The van der Waals surface area contributed by atoms with Crippen molar-refractivity contribution in [3.8, 4) is 0 Å². The molecule has 0 saturated carbocycles. The average molecular weight is 211 g/mol. The topological polar surface area (TPSA) is 85.0 Å². The fraction of sp³-hybridized carbons (Fsp3) is 0.556. The molecule has 1 heterocycles. The summed E-state index contributed by atoms with van der Waals surface area (Å²) in [5.74, 6) is 0. The lowest BCUT2D eigenvalue weighted by Gasteiger charge is -2.03. The van der Waals surface area contributed by atoms with Gasteiger partial charge >= 0.3 is 6.03 Å². The van der Waals surface area contributed by atoms with Gasteiger partial charge in [-0.2, -0.15) is 5.10 Å². The Morgan fingerprint density at radius 3 is 2.93 bits per heavy atom. The largest absolute Gasteiger partial charge is 0.352 e. The summed E-state index contributed by atoms with van der Waals surface area (Å²) in [4.78, 5) is 10.3. The SMILES string of the molecule is Cn1cc(CCNCCNC(N)=O)cn1. The molecule has 0 unspecified atom stereocenters. The second-order valence-corrected chi connectivity index (χ2v) is 3.31. The maximum atomic E-state index is 10.3. The number of urea groups is 1. The van der Waals surface area contributed by atoms with Crippen LogP contribution in [0.5, 0.6) is 0 Å². The van der Waals surface area contributed by atoms with Crippen LogP contribution in [-0.4, -0.2) is 35.4 Å². The van der Waals surface area contributed by atoms with Crippen molar-refractivity contribution in [3.63, 3.8) is 0 Å². The van der Waals surface area contributed by atoms with E-state index in [2.05, 4.69) is 15.7 Å². The summed E-state index contributed by atoms with van der Waals surface area (Å²) in [5, 5.41) is 9.77. The number of aryl methyl sites for hydroxylation is 1. The number of carbonyl (C=O) groups is 1. The Morgan fingerprint density at radius 1 is 1.53 bits per heavy atom. The van der Waals surface area contributed by atoms with E-state index < -0.39 is 6.03 Å². The van der Waals surface area contributed by atoms with Gasteiger partial charge in [0.05, 0.1) is 6.20 Å². The first-order valence-corrected chi connectivity index (χ1v) is 4.90. The van der Waals surface area contributed by atoms with Gasteiger partial charge in [0.2, 0.25) is 0 Å². The molecule has 0 fully saturated rings. The van der Waals surface area contributed by atoms with Crippen LogP contribution in [0.15, 0.2) is 12.4 Å². The summed E-state index contributed by atoms with van der Waals surface area (Å²) in [6, 6.07) is -0.482. The molecule has 0 aliphatic rings. The highest BCUT2D eigenvalue weighted by molar-refractivity contribution is 5.71. The van der Waals surface area contributed by atoms with Crippen molar-refractivity contribution < 1.29 is 4.79 Å². The number of nitrogens with one attached hydrogen (secondary N) is 2. The fourth-order valence-corrected chi connectivity index (χ4v) is 1.23. The van der Waals surface area contributed by atoms with Gasteiger partial charge in [0.15, 0.2) is 0 Å². The van der Waals surface area contributed by atoms with E-state index in [1.54, 1.807) is 4.68 Å². The molecule has 0 aliphatic heterocycles. The van der Waals surface area contributed by atoms with Gasteiger partial charge in [-0.15, -0.1) is 0 Å². The van der Waals surface area contributed by atoms with Gasteiger partial charge < -0.3 is 16.4 Å². The molecule has 1 rings (SSSR count). The van der Waals surface area contributed by atoms with Gasteiger partial charge in [-0.1, -0.05) is 0 Å². The van der Waals surface area contributed by atoms with E-state index >= 15 is 0 Å². The monoisotopic (exact) mass is 211 g/mol. The first kappa shape index (κ1) is 11.5. The fourth-order valence-electron chi connectivity index (χ4n) is 1.23. The Labute approximate surface area is 88.8 Å². The van der Waals surface area contributed by atoms with Gasteiger partial charge in [0.1, 0.15) is 0 Å². The Kier molecular flexibility index (Phi) is 4.62. The lowest BCUT2D eigenvalue weighted by atomic mass is 10.2. The number of nitrogens with two attached hydrogens (primary N) is 1. The number of hydrogen-bond donors (Lipinski definition) is 3. The smallest absolute Gasteiger partial charge is 0.312 e. The van der Waals surface area contributed by atoms with Gasteiger partial charge in [-0.25, -0.2) is 4.79 Å². The zero-order valence-electron chi connectivity index (χ0n) is 8.86. The first-order chi connectivity index (χ1) is 7.18. The van der Waals surface area contributed by atoms with Crippen molar-refractivity contribution >= 4 is 6.03 Å². The Bertz CT molecular complexity index is 309. The molecule has 0 spiro atoms. The van der Waals surface area contributed by atoms with Crippen molar-refractivity contribution in [2.45, 2.75) is 6.42 Å². The van der Waals surface area contributed by atoms with E-state index in [0.29, 0.717) is 6.54 Å². The van der Waals surface area contributed by atoms with Gasteiger partial charge in [-0.05, 0) is 18.5 Å². The van der Waals surface area contributed by atoms with Crippen molar-refractivity contribution in [1.29, 1.82) is 0 Å². The summed E-state index contributed by atoms with van der Waals surface area (Å²) in [7, 11) is 1.90. The Hall–Kier alpha value is -1.56. The number of nitrogens with zero attached hydrogens (tertiary/aromatic N) is 2. The van der Waals surface area contributed by atoms with Crippen LogP contribution < -0.4 is 16.4 Å². The summed E-state index contributed by atoms with van der Waals surface area (Å²) >= 11 is 0. The average Bonchev–Trinajstić information content (AvgIpc) is 2.57. The number of primary amides is 1. The number of rotatable bonds is 6. The normalized spacial score (nSPS) is 10.2. The zero-order chi connectivity index (χ0) is 11.1. The van der Waals surface area contributed by atoms with Crippen molar-refractivity contribution in [1.82, 2.24) is 20.4 Å². The summed E-state index contributed by atoms with van der Waals surface area (Å²) in [6.45, 7) is 2.15. The van der Waals surface area contributed by atoms with Crippen LogP contribution in [-0.2, 0) is 13.5 Å². The molecule has 15 heavy (non-hydrogen) atoms. The zero-order valence-corrected chi connectivity index (χ0v) is 8.86. The van der Waals surface area contributed by atoms with Gasteiger partial charge in [0, 0.05) is 26.3 Å². The molecule has 0 aromatic carbocycles. The van der Waals surface area contributed by atoms with E-state index in [1.165, 1.54) is 5.56 Å². The molecule has 2 amide bonds. The summed E-state index contributed by atoms with van der Waals surface area (Å²) in [6.07, 6.45) is 4.77. The lowest BCUT2D eigenvalue weighted by Crippen LogP contribution is -2.35. The van der Waals surface area contributed by atoms with Gasteiger partial charge in [-0.3, -0.25) is 4.68 Å². The summed E-state index contributed by atoms with van der Waals surface area (Å²) < 4.78 is 1.78. The highest BCUT2D eigenvalue weighted by atomic mass is 16.2. The van der Waals surface area contributed by atoms with Gasteiger partial charge in [0.25, 0.3) is 0 Å². The lowest BCUT2D eigenvalue weighted by molar-refractivity contribution is 0.249. The first-order valence-electron chi connectivity index (χ1n) is 4.90. The third-order valence-electron chi connectivity index (χ3n) is 1.95. The molecule has 84 valence electrons. The van der Waals surface area contributed by atoms with E-state index in [0.717, 1.165) is 19.5 Å². The molecule has 1 aromatic rings. The number of aromatic nitrogens is 2. The van der Waals surface area contributed by atoms with Crippen LogP contribution in [0.3, 0.4) is 0 Å². The van der Waals surface area contributed by atoms with Crippen LogP contribution in [0, 0.1) is 0 Å². The highest BCUT2D eigenvalue weighted by Crippen LogP contribution is 1.95. The van der Waals surface area contributed by atoms with E-state index in [9.17, 15) is 4.79 Å². The number of hydrogen-bond acceptors (Lipinski definition) is 3. The predicted octanol–water partition coefficient (Wildman–Crippen LogP) is -0.779. The van der Waals surface area contributed by atoms with Crippen molar-refractivity contribution in [2.75, 3.05) is 19.6 Å². The van der Waals surface area contributed by atoms with Crippen molar-refractivity contribution in [2.24, 2.45) is 12.8 Å². The molecule has 0 radical (unpaired) electrons. The van der Waals surface area contributed by atoms with Crippen LogP contribution in [0.25, 0.3) is 0 Å². The second-order valence-electron chi connectivity index (χ2n) is 3.31. The molecular weight excluding hydrogens is 194 g/mol. The minimum Gasteiger partial charge on any atom is -0.352 e. The molecule has 1 aromatic heterocycles. The summed E-state index contributed by atoms with van der Waals surface area (Å²) in [5.41, 5.74) is 6.11. The van der Waals surface area contributed by atoms with E-state index in [4.69, 9.17) is 5.73 Å². The van der Waals surface area contributed by atoms with E-state index in [-0.39, 0.29) is 0 Å². The van der Waals surface area contributed by atoms with Crippen LogP contribution in [0.4, 0.5) is 4.79 Å². The van der Waals surface area contributed by atoms with Crippen LogP contribution in [0.2, 0.25) is 0 Å². The molecule has 0 saturated heterocycles. The number of carbonyl (C=O) groups excluding carboxylic acids is 1. The molecule has 0 atom stereocenters. The minimum atomic E-state index is -0.482.